The fourth-order valence-electron chi connectivity index (χ4n) is 1.92. The van der Waals surface area contributed by atoms with Crippen LogP contribution in [0.4, 0.5) is 5.69 Å². The summed E-state index contributed by atoms with van der Waals surface area (Å²) >= 11 is 3.06. The molecule has 1 unspecified atom stereocenters. The number of benzene rings is 1. The van der Waals surface area contributed by atoms with Crippen LogP contribution in [0.3, 0.4) is 0 Å². The molecule has 2 N–H and O–H groups in total. The van der Waals surface area contributed by atoms with E-state index >= 15 is 0 Å². The van der Waals surface area contributed by atoms with Crippen molar-refractivity contribution in [1.29, 1.82) is 0 Å². The fourth-order valence-corrected chi connectivity index (χ4v) is 2.31. The minimum Gasteiger partial charge on any atom is -0.354 e. The number of amides is 2. The molecule has 0 radical (unpaired) electrons. The van der Waals surface area contributed by atoms with Crippen LogP contribution < -0.4 is 10.6 Å². The summed E-state index contributed by atoms with van der Waals surface area (Å²) in [5, 5.41) is 16.2. The number of carbonyl (C=O) groups excluding carboxylic acids is 2. The highest BCUT2D eigenvalue weighted by Crippen LogP contribution is 2.25. The van der Waals surface area contributed by atoms with Crippen LogP contribution in [0, 0.1) is 10.1 Å². The van der Waals surface area contributed by atoms with Gasteiger partial charge in [0.1, 0.15) is 0 Å². The molecule has 1 aliphatic heterocycles. The maximum atomic E-state index is 12.0. The van der Waals surface area contributed by atoms with Gasteiger partial charge in [-0.15, -0.1) is 0 Å². The van der Waals surface area contributed by atoms with Gasteiger partial charge >= 0.3 is 0 Å². The van der Waals surface area contributed by atoms with Crippen molar-refractivity contribution in [2.75, 3.05) is 6.54 Å². The van der Waals surface area contributed by atoms with Crippen molar-refractivity contribution >= 4 is 33.4 Å². The van der Waals surface area contributed by atoms with E-state index in [1.54, 1.807) is 0 Å². The van der Waals surface area contributed by atoms with Crippen LogP contribution in [0.5, 0.6) is 0 Å². The molecule has 7 nitrogen and oxygen atoms in total. The van der Waals surface area contributed by atoms with E-state index < -0.39 is 4.92 Å². The Labute approximate surface area is 123 Å². The Hall–Kier alpha value is -1.96. The Morgan fingerprint density at radius 1 is 1.50 bits per heavy atom. The van der Waals surface area contributed by atoms with Crippen LogP contribution in [0.25, 0.3) is 0 Å². The molecule has 1 aliphatic rings. The summed E-state index contributed by atoms with van der Waals surface area (Å²) in [5.41, 5.74) is 0.0615. The second kappa shape index (κ2) is 6.00. The van der Waals surface area contributed by atoms with Crippen molar-refractivity contribution < 1.29 is 14.5 Å². The molecule has 0 spiro atoms. The third kappa shape index (κ3) is 3.32. The number of hydrogen-bond acceptors (Lipinski definition) is 4. The lowest BCUT2D eigenvalue weighted by molar-refractivity contribution is -0.385. The van der Waals surface area contributed by atoms with Gasteiger partial charge in [0.2, 0.25) is 5.91 Å². The Morgan fingerprint density at radius 3 is 2.85 bits per heavy atom. The molecule has 1 fully saturated rings. The van der Waals surface area contributed by atoms with Crippen molar-refractivity contribution in [1.82, 2.24) is 10.6 Å². The Kier molecular flexibility index (Phi) is 4.33. The van der Waals surface area contributed by atoms with Gasteiger partial charge in [-0.05, 0) is 34.5 Å². The predicted octanol–water partition coefficient (Wildman–Crippen LogP) is 1.37. The monoisotopic (exact) mass is 341 g/mol. The Bertz CT molecular complexity index is 566. The average molecular weight is 342 g/mol. The first-order valence-corrected chi connectivity index (χ1v) is 6.78. The highest BCUT2D eigenvalue weighted by molar-refractivity contribution is 9.10. The molecule has 0 aromatic heterocycles. The second-order valence-electron chi connectivity index (χ2n) is 4.44. The summed E-state index contributed by atoms with van der Waals surface area (Å²) in [4.78, 5) is 33.3. The van der Waals surface area contributed by atoms with Crippen molar-refractivity contribution in [3.05, 3.63) is 38.3 Å². The number of halogens is 1. The lowest BCUT2D eigenvalue weighted by atomic mass is 10.1. The van der Waals surface area contributed by atoms with Gasteiger partial charge in [0.25, 0.3) is 11.6 Å². The molecule has 20 heavy (non-hydrogen) atoms. The van der Waals surface area contributed by atoms with E-state index in [0.717, 1.165) is 0 Å². The standard InChI is InChI=1S/C12H12BrN3O4/c13-9-3-1-7(5-10(9)16(19)20)12(18)15-8-2-4-11(17)14-6-8/h1,3,5,8H,2,4,6H2,(H,14,17)(H,15,18). The number of nitro groups is 1. The number of nitrogens with zero attached hydrogens (tertiary/aromatic N) is 1. The van der Waals surface area contributed by atoms with Crippen molar-refractivity contribution in [2.45, 2.75) is 18.9 Å². The first-order valence-electron chi connectivity index (χ1n) is 5.99. The first-order chi connectivity index (χ1) is 9.47. The Morgan fingerprint density at radius 2 is 2.25 bits per heavy atom. The zero-order valence-corrected chi connectivity index (χ0v) is 12.0. The lowest BCUT2D eigenvalue weighted by Gasteiger charge is -2.23. The molecular formula is C12H12BrN3O4. The van der Waals surface area contributed by atoms with E-state index in [0.29, 0.717) is 23.9 Å². The number of nitrogens with one attached hydrogen (secondary N) is 2. The SMILES string of the molecule is O=C1CCC(NC(=O)c2ccc(Br)c([N+](=O)[O-])c2)CN1. The van der Waals surface area contributed by atoms with Crippen LogP contribution in [-0.2, 0) is 4.79 Å². The number of hydrogen-bond donors (Lipinski definition) is 2. The first kappa shape index (κ1) is 14.4. The van der Waals surface area contributed by atoms with Gasteiger partial charge in [-0.2, -0.15) is 0 Å². The van der Waals surface area contributed by atoms with Gasteiger partial charge < -0.3 is 10.6 Å². The van der Waals surface area contributed by atoms with E-state index in [2.05, 4.69) is 26.6 Å². The largest absolute Gasteiger partial charge is 0.354 e. The average Bonchev–Trinajstić information content (AvgIpc) is 2.41. The molecule has 2 rings (SSSR count). The normalized spacial score (nSPS) is 18.2. The third-order valence-corrected chi connectivity index (χ3v) is 3.68. The van der Waals surface area contributed by atoms with Crippen LogP contribution in [0.1, 0.15) is 23.2 Å². The molecule has 0 aliphatic carbocycles. The van der Waals surface area contributed by atoms with Gasteiger partial charge in [-0.25, -0.2) is 0 Å². The van der Waals surface area contributed by atoms with E-state index in [1.807, 2.05) is 0 Å². The highest BCUT2D eigenvalue weighted by atomic mass is 79.9. The molecule has 0 bridgehead atoms. The van der Waals surface area contributed by atoms with Crippen LogP contribution >= 0.6 is 15.9 Å². The summed E-state index contributed by atoms with van der Waals surface area (Å²) < 4.78 is 0.323. The van der Waals surface area contributed by atoms with Gasteiger partial charge in [-0.3, -0.25) is 19.7 Å². The molecule has 1 saturated heterocycles. The second-order valence-corrected chi connectivity index (χ2v) is 5.29. The Balaban J connectivity index is 2.07. The number of piperidine rings is 1. The molecule has 106 valence electrons. The van der Waals surface area contributed by atoms with Gasteiger partial charge in [0.05, 0.1) is 9.40 Å². The summed E-state index contributed by atoms with van der Waals surface area (Å²) in [6, 6.07) is 4.05. The summed E-state index contributed by atoms with van der Waals surface area (Å²) in [6.45, 7) is 0.378. The predicted molar refractivity (Wildman–Crippen MR) is 74.3 cm³/mol. The maximum absolute atomic E-state index is 12.0. The van der Waals surface area contributed by atoms with Gasteiger partial charge in [0.15, 0.2) is 0 Å². The highest BCUT2D eigenvalue weighted by Gasteiger charge is 2.21. The smallest absolute Gasteiger partial charge is 0.284 e. The van der Waals surface area contributed by atoms with E-state index in [4.69, 9.17) is 0 Å². The third-order valence-electron chi connectivity index (χ3n) is 3.01. The number of rotatable bonds is 3. The van der Waals surface area contributed by atoms with Crippen molar-refractivity contribution in [3.63, 3.8) is 0 Å². The lowest BCUT2D eigenvalue weighted by Crippen LogP contribution is -2.47. The molecule has 1 heterocycles. The minimum absolute atomic E-state index is 0.0326. The fraction of sp³-hybridized carbons (Fsp3) is 0.333. The van der Waals surface area contributed by atoms with Crippen LogP contribution in [-0.4, -0.2) is 29.3 Å². The van der Waals surface area contributed by atoms with Gasteiger partial charge in [-0.1, -0.05) is 0 Å². The molecule has 1 aromatic carbocycles. The molecule has 2 amide bonds. The summed E-state index contributed by atoms with van der Waals surface area (Å²) in [6.07, 6.45) is 0.932. The zero-order valence-electron chi connectivity index (χ0n) is 10.4. The van der Waals surface area contributed by atoms with Gasteiger partial charge in [0, 0.05) is 30.6 Å². The summed E-state index contributed by atoms with van der Waals surface area (Å²) in [5.74, 6) is -0.420. The zero-order chi connectivity index (χ0) is 14.7. The molecule has 0 saturated carbocycles. The quantitative estimate of drug-likeness (QED) is 0.640. The van der Waals surface area contributed by atoms with Crippen molar-refractivity contribution in [2.24, 2.45) is 0 Å². The van der Waals surface area contributed by atoms with Crippen molar-refractivity contribution in [3.8, 4) is 0 Å². The molecule has 1 aromatic rings. The van der Waals surface area contributed by atoms with Crippen LogP contribution in [0.2, 0.25) is 0 Å². The van der Waals surface area contributed by atoms with E-state index in [9.17, 15) is 19.7 Å². The topological polar surface area (TPSA) is 101 Å². The maximum Gasteiger partial charge on any atom is 0.284 e. The molecule has 8 heteroatoms. The minimum atomic E-state index is -0.554. The molecule has 1 atom stereocenters. The van der Waals surface area contributed by atoms with Crippen LogP contribution in [0.15, 0.2) is 22.7 Å². The molecular weight excluding hydrogens is 330 g/mol. The van der Waals surface area contributed by atoms with E-state index in [-0.39, 0.29) is 29.1 Å². The number of nitro benzene ring substituents is 1. The van der Waals surface area contributed by atoms with E-state index in [1.165, 1.54) is 18.2 Å². The number of carbonyl (C=O) groups is 2. The summed E-state index contributed by atoms with van der Waals surface area (Å²) in [7, 11) is 0.